The Hall–Kier alpha value is -4.18. The van der Waals surface area contributed by atoms with Crippen molar-refractivity contribution >= 4 is 28.2 Å². The molecule has 4 aromatic rings. The van der Waals surface area contributed by atoms with Crippen LogP contribution in [-0.2, 0) is 0 Å². The maximum absolute atomic E-state index is 13.3. The molecular formula is C32H35N5O5. The number of amides is 2. The van der Waals surface area contributed by atoms with Gasteiger partial charge in [0.25, 0.3) is 11.8 Å². The molecule has 3 aliphatic carbocycles. The number of nitrogens with one attached hydrogen (secondary N) is 1. The SMILES string of the molecule is CC(C)(O)COc1ccc2c(C(=O)N[C@H]3CC4(C3)C[C@H](Oc3nc5ccccc5cc3C(N)=O)C4)cnn2c1C1CC1. The molecule has 3 aliphatic rings. The number of hydrogen-bond acceptors (Lipinski definition) is 7. The third kappa shape index (κ3) is 4.93. The number of nitrogens with two attached hydrogens (primary N) is 1. The van der Waals surface area contributed by atoms with Crippen LogP contribution in [0.15, 0.2) is 48.7 Å². The van der Waals surface area contributed by atoms with Crippen LogP contribution >= 0.6 is 0 Å². The van der Waals surface area contributed by atoms with Gasteiger partial charge in [0.05, 0.1) is 34.1 Å². The van der Waals surface area contributed by atoms with E-state index >= 15 is 0 Å². The molecule has 0 aliphatic heterocycles. The molecule has 1 aromatic carbocycles. The first kappa shape index (κ1) is 26.7. The molecule has 0 atom stereocenters. The van der Waals surface area contributed by atoms with Crippen LogP contribution in [0.25, 0.3) is 16.4 Å². The highest BCUT2D eigenvalue weighted by atomic mass is 16.5. The minimum atomic E-state index is -0.947. The van der Waals surface area contributed by atoms with E-state index in [4.69, 9.17) is 15.2 Å². The van der Waals surface area contributed by atoms with Gasteiger partial charge in [0, 0.05) is 17.3 Å². The molecular weight excluding hydrogens is 534 g/mol. The van der Waals surface area contributed by atoms with E-state index in [0.717, 1.165) is 60.6 Å². The fourth-order valence-corrected chi connectivity index (χ4v) is 6.53. The van der Waals surface area contributed by atoms with Gasteiger partial charge in [-0.3, -0.25) is 9.59 Å². The summed E-state index contributed by atoms with van der Waals surface area (Å²) in [6.45, 7) is 3.59. The number of fused-ring (bicyclic) bond motifs is 2. The normalized spacial score (nSPS) is 23.4. The molecule has 42 heavy (non-hydrogen) atoms. The Morgan fingerprint density at radius 3 is 2.60 bits per heavy atom. The van der Waals surface area contributed by atoms with Crippen molar-refractivity contribution in [2.24, 2.45) is 11.1 Å². The Bertz CT molecular complexity index is 1710. The zero-order valence-corrected chi connectivity index (χ0v) is 23.8. The van der Waals surface area contributed by atoms with Gasteiger partial charge in [-0.1, -0.05) is 18.2 Å². The molecule has 3 saturated carbocycles. The smallest absolute Gasteiger partial charge is 0.255 e. The number of aromatic nitrogens is 3. The molecule has 3 heterocycles. The van der Waals surface area contributed by atoms with Crippen molar-refractivity contribution in [1.29, 1.82) is 0 Å². The maximum atomic E-state index is 13.3. The topological polar surface area (TPSA) is 141 Å². The van der Waals surface area contributed by atoms with Crippen molar-refractivity contribution in [2.75, 3.05) is 6.61 Å². The first-order valence-corrected chi connectivity index (χ1v) is 14.6. The molecule has 0 radical (unpaired) electrons. The van der Waals surface area contributed by atoms with E-state index in [-0.39, 0.29) is 36.0 Å². The number of nitrogens with zero attached hydrogens (tertiary/aromatic N) is 3. The number of aliphatic hydroxyl groups is 1. The van der Waals surface area contributed by atoms with Crippen LogP contribution in [-0.4, -0.2) is 55.9 Å². The van der Waals surface area contributed by atoms with Crippen LogP contribution in [0.5, 0.6) is 11.6 Å². The molecule has 3 fully saturated rings. The largest absolute Gasteiger partial charge is 0.489 e. The van der Waals surface area contributed by atoms with Crippen molar-refractivity contribution in [3.63, 3.8) is 0 Å². The minimum absolute atomic E-state index is 0.0401. The summed E-state index contributed by atoms with van der Waals surface area (Å²) in [5, 5.41) is 18.7. The fourth-order valence-electron chi connectivity index (χ4n) is 6.53. The molecule has 0 bridgehead atoms. The molecule has 3 aromatic heterocycles. The van der Waals surface area contributed by atoms with Gasteiger partial charge < -0.3 is 25.6 Å². The summed E-state index contributed by atoms with van der Waals surface area (Å²) in [5.74, 6) is 0.642. The highest BCUT2D eigenvalue weighted by Gasteiger charge is 2.54. The Kier molecular flexibility index (Phi) is 6.16. The monoisotopic (exact) mass is 569 g/mol. The summed E-state index contributed by atoms with van der Waals surface area (Å²) in [5.41, 5.74) is 8.11. The van der Waals surface area contributed by atoms with Gasteiger partial charge >= 0.3 is 0 Å². The van der Waals surface area contributed by atoms with E-state index in [1.54, 1.807) is 26.1 Å². The van der Waals surface area contributed by atoms with Crippen molar-refractivity contribution in [2.45, 2.75) is 76.0 Å². The van der Waals surface area contributed by atoms with Gasteiger partial charge in [0.1, 0.15) is 24.0 Å². The van der Waals surface area contributed by atoms with Crippen molar-refractivity contribution in [1.82, 2.24) is 19.9 Å². The van der Waals surface area contributed by atoms with Gasteiger partial charge in [0.15, 0.2) is 0 Å². The number of carbonyl (C=O) groups excluding carboxylic acids is 2. The van der Waals surface area contributed by atoms with Crippen LogP contribution < -0.4 is 20.5 Å². The molecule has 2 amide bonds. The van der Waals surface area contributed by atoms with Crippen LogP contribution in [0.3, 0.4) is 0 Å². The van der Waals surface area contributed by atoms with Crippen molar-refractivity contribution < 1.29 is 24.2 Å². The lowest BCUT2D eigenvalue weighted by Gasteiger charge is -2.57. The highest BCUT2D eigenvalue weighted by molar-refractivity contribution is 6.01. The average Bonchev–Trinajstić information content (AvgIpc) is 3.65. The van der Waals surface area contributed by atoms with E-state index in [9.17, 15) is 14.7 Å². The summed E-state index contributed by atoms with van der Waals surface area (Å²) in [6, 6.07) is 13.1. The summed E-state index contributed by atoms with van der Waals surface area (Å²) in [6.07, 6.45) is 7.15. The Labute approximate surface area is 243 Å². The lowest BCUT2D eigenvalue weighted by molar-refractivity contribution is -0.0847. The second kappa shape index (κ2) is 9.69. The number of benzene rings is 1. The molecule has 4 N–H and O–H groups in total. The summed E-state index contributed by atoms with van der Waals surface area (Å²) < 4.78 is 13.9. The molecule has 1 spiro atoms. The molecule has 7 rings (SSSR count). The van der Waals surface area contributed by atoms with E-state index in [2.05, 4.69) is 15.4 Å². The van der Waals surface area contributed by atoms with Crippen LogP contribution in [0, 0.1) is 5.41 Å². The number of ether oxygens (including phenoxy) is 2. The van der Waals surface area contributed by atoms with Crippen molar-refractivity contribution in [3.05, 3.63) is 65.5 Å². The van der Waals surface area contributed by atoms with Crippen molar-refractivity contribution in [3.8, 4) is 11.6 Å². The lowest BCUT2D eigenvalue weighted by Crippen LogP contribution is -2.58. The first-order valence-electron chi connectivity index (χ1n) is 14.6. The van der Waals surface area contributed by atoms with E-state index < -0.39 is 11.5 Å². The number of hydrogen-bond donors (Lipinski definition) is 3. The Morgan fingerprint density at radius 2 is 1.88 bits per heavy atom. The first-order chi connectivity index (χ1) is 20.1. The molecule has 10 nitrogen and oxygen atoms in total. The zero-order chi connectivity index (χ0) is 29.2. The zero-order valence-electron chi connectivity index (χ0n) is 23.8. The number of rotatable bonds is 9. The predicted octanol–water partition coefficient (Wildman–Crippen LogP) is 4.13. The summed E-state index contributed by atoms with van der Waals surface area (Å²) >= 11 is 0. The lowest BCUT2D eigenvalue weighted by atomic mass is 9.53. The number of carbonyl (C=O) groups is 2. The number of pyridine rings is 2. The minimum Gasteiger partial charge on any atom is -0.489 e. The fraction of sp³-hybridized carbons (Fsp3) is 0.438. The van der Waals surface area contributed by atoms with E-state index in [0.29, 0.717) is 22.8 Å². The average molecular weight is 570 g/mol. The molecule has 10 heteroatoms. The Morgan fingerprint density at radius 1 is 1.12 bits per heavy atom. The van der Waals surface area contributed by atoms with Gasteiger partial charge in [-0.2, -0.15) is 5.10 Å². The third-order valence-electron chi connectivity index (χ3n) is 8.72. The van der Waals surface area contributed by atoms with Gasteiger partial charge in [-0.15, -0.1) is 0 Å². The number of primary amides is 1. The third-order valence-corrected chi connectivity index (χ3v) is 8.72. The molecule has 0 unspecified atom stereocenters. The highest BCUT2D eigenvalue weighted by Crippen LogP contribution is 2.57. The van der Waals surface area contributed by atoms with Crippen LogP contribution in [0.1, 0.15) is 84.7 Å². The van der Waals surface area contributed by atoms with Crippen LogP contribution in [0.4, 0.5) is 0 Å². The van der Waals surface area contributed by atoms with E-state index in [1.165, 1.54) is 0 Å². The molecule has 218 valence electrons. The van der Waals surface area contributed by atoms with Gasteiger partial charge in [-0.25, -0.2) is 9.50 Å². The van der Waals surface area contributed by atoms with Crippen LogP contribution in [0.2, 0.25) is 0 Å². The molecule has 0 saturated heterocycles. The second-order valence-electron chi connectivity index (χ2n) is 12.9. The summed E-state index contributed by atoms with van der Waals surface area (Å²) in [4.78, 5) is 29.9. The standard InChI is InChI=1S/C32H35N5O5/c1-31(2,40)17-41-26-10-9-25-23(16-34-37(25)27(26)18-7-8-18)29(39)35-20-12-32(13-20)14-21(15-32)42-30-22(28(33)38)11-19-5-3-4-6-24(19)36-30/h3-6,9-11,16,18,20-21,40H,7-8,12-15,17H2,1-2H3,(H2,33,38)(H,35,39)/t20-,21-,32?. The number of para-hydroxylation sites is 1. The second-order valence-corrected chi connectivity index (χ2v) is 12.9. The predicted molar refractivity (Wildman–Crippen MR) is 156 cm³/mol. The quantitative estimate of drug-likeness (QED) is 0.275. The van der Waals surface area contributed by atoms with E-state index in [1.807, 2.05) is 40.9 Å². The summed E-state index contributed by atoms with van der Waals surface area (Å²) in [7, 11) is 0. The maximum Gasteiger partial charge on any atom is 0.255 e. The Balaban J connectivity index is 0.980. The van der Waals surface area contributed by atoms with Gasteiger partial charge in [0.2, 0.25) is 5.88 Å². The van der Waals surface area contributed by atoms with Gasteiger partial charge in [-0.05, 0) is 82.1 Å².